The fourth-order valence-electron chi connectivity index (χ4n) is 4.70. The average Bonchev–Trinajstić information content (AvgIpc) is 3.26. The highest BCUT2D eigenvalue weighted by molar-refractivity contribution is 7.17. The number of amides is 1. The largest absolute Gasteiger partial charge is 0.469 e. The van der Waals surface area contributed by atoms with E-state index in [2.05, 4.69) is 5.32 Å². The van der Waals surface area contributed by atoms with E-state index < -0.39 is 5.92 Å². The number of benzene rings is 2. The highest BCUT2D eigenvalue weighted by atomic mass is 32.1. The second-order valence-electron chi connectivity index (χ2n) is 8.59. The SMILES string of the molecule is COC(=O)[C@@H]1CCCC[C@@H]1NC(=O)C(Cc1ccccc1)c1csc2ccc(C(=N)N)cc12. The van der Waals surface area contributed by atoms with Crippen LogP contribution in [-0.4, -0.2) is 30.9 Å². The molecule has 1 unspecified atom stereocenters. The summed E-state index contributed by atoms with van der Waals surface area (Å²) in [5, 5.41) is 14.0. The monoisotopic (exact) mass is 463 g/mol. The van der Waals surface area contributed by atoms with Crippen LogP contribution in [0.1, 0.15) is 48.3 Å². The maximum atomic E-state index is 13.7. The van der Waals surface area contributed by atoms with Gasteiger partial charge >= 0.3 is 5.97 Å². The number of nitrogens with two attached hydrogens (primary N) is 1. The summed E-state index contributed by atoms with van der Waals surface area (Å²) in [7, 11) is 1.40. The maximum Gasteiger partial charge on any atom is 0.310 e. The van der Waals surface area contributed by atoms with Gasteiger partial charge in [0.2, 0.25) is 5.91 Å². The smallest absolute Gasteiger partial charge is 0.310 e. The number of hydrogen-bond donors (Lipinski definition) is 3. The van der Waals surface area contributed by atoms with Crippen molar-refractivity contribution in [2.45, 2.75) is 44.1 Å². The Bertz CT molecular complexity index is 1160. The van der Waals surface area contributed by atoms with Crippen LogP contribution in [0, 0.1) is 11.3 Å². The number of esters is 1. The minimum Gasteiger partial charge on any atom is -0.469 e. The lowest BCUT2D eigenvalue weighted by Crippen LogP contribution is -2.47. The fraction of sp³-hybridized carbons (Fsp3) is 0.346. The van der Waals surface area contributed by atoms with Crippen LogP contribution in [0.3, 0.4) is 0 Å². The van der Waals surface area contributed by atoms with Crippen molar-refractivity contribution >= 4 is 39.1 Å². The third-order valence-electron chi connectivity index (χ3n) is 6.49. The van der Waals surface area contributed by atoms with Gasteiger partial charge in [-0.1, -0.05) is 43.2 Å². The molecule has 0 radical (unpaired) electrons. The van der Waals surface area contributed by atoms with Crippen molar-refractivity contribution in [1.82, 2.24) is 5.32 Å². The number of carbonyl (C=O) groups excluding carboxylic acids is 2. The van der Waals surface area contributed by atoms with Crippen LogP contribution in [0.25, 0.3) is 10.1 Å². The Hall–Kier alpha value is -3.19. The van der Waals surface area contributed by atoms with Crippen molar-refractivity contribution in [3.8, 4) is 0 Å². The Morgan fingerprint density at radius 3 is 2.67 bits per heavy atom. The van der Waals surface area contributed by atoms with Crippen LogP contribution in [-0.2, 0) is 20.7 Å². The summed E-state index contributed by atoms with van der Waals surface area (Å²) in [5.41, 5.74) is 8.35. The van der Waals surface area contributed by atoms with Gasteiger partial charge in [-0.3, -0.25) is 15.0 Å². The number of methoxy groups -OCH3 is 1. The predicted molar refractivity (Wildman–Crippen MR) is 132 cm³/mol. The normalized spacial score (nSPS) is 19.1. The summed E-state index contributed by atoms with van der Waals surface area (Å²) in [6.07, 6.45) is 3.97. The molecule has 1 aliphatic rings. The predicted octanol–water partition coefficient (Wildman–Crippen LogP) is 4.36. The lowest BCUT2D eigenvalue weighted by Gasteiger charge is -2.31. The van der Waals surface area contributed by atoms with Gasteiger partial charge in [0, 0.05) is 16.3 Å². The molecule has 1 heterocycles. The first-order valence-electron chi connectivity index (χ1n) is 11.3. The van der Waals surface area contributed by atoms with Crippen LogP contribution in [0.4, 0.5) is 0 Å². The Labute approximate surface area is 197 Å². The fourth-order valence-corrected chi connectivity index (χ4v) is 5.70. The van der Waals surface area contributed by atoms with Gasteiger partial charge in [-0.05, 0) is 59.4 Å². The Morgan fingerprint density at radius 2 is 1.94 bits per heavy atom. The van der Waals surface area contributed by atoms with Crippen molar-refractivity contribution in [3.05, 3.63) is 70.6 Å². The Morgan fingerprint density at radius 1 is 1.18 bits per heavy atom. The molecule has 1 aliphatic carbocycles. The van der Waals surface area contributed by atoms with E-state index in [4.69, 9.17) is 15.9 Å². The van der Waals surface area contributed by atoms with Crippen molar-refractivity contribution in [1.29, 1.82) is 5.41 Å². The summed E-state index contributed by atoms with van der Waals surface area (Å²) in [6.45, 7) is 0. The second kappa shape index (κ2) is 10.2. The Balaban J connectivity index is 1.69. The number of hydrogen-bond acceptors (Lipinski definition) is 5. The standard InChI is InChI=1S/C26H29N3O3S/c1-32-26(31)18-9-5-6-10-22(18)29-25(30)20(13-16-7-3-2-4-8-16)21-15-33-23-12-11-17(24(27)28)14-19(21)23/h2-4,7-8,11-12,14-15,18,20,22H,5-6,9-10,13H2,1H3,(H3,27,28)(H,29,30)/t18-,20?,22+/m1/s1. The zero-order valence-electron chi connectivity index (χ0n) is 18.7. The zero-order chi connectivity index (χ0) is 23.4. The molecule has 1 fully saturated rings. The number of nitrogens with one attached hydrogen (secondary N) is 2. The molecule has 3 atom stereocenters. The second-order valence-corrected chi connectivity index (χ2v) is 9.50. The van der Waals surface area contributed by atoms with Gasteiger partial charge in [-0.25, -0.2) is 0 Å². The minimum absolute atomic E-state index is 0.00114. The highest BCUT2D eigenvalue weighted by Gasteiger charge is 2.35. The molecule has 4 N–H and O–H groups in total. The summed E-state index contributed by atoms with van der Waals surface area (Å²) in [5.74, 6) is -1.09. The number of ether oxygens (including phenoxy) is 1. The van der Waals surface area contributed by atoms with Gasteiger partial charge in [0.1, 0.15) is 5.84 Å². The Kier molecular flexibility index (Phi) is 7.08. The van der Waals surface area contributed by atoms with E-state index in [1.165, 1.54) is 7.11 Å². The summed E-state index contributed by atoms with van der Waals surface area (Å²) >= 11 is 1.58. The molecule has 2 aromatic carbocycles. The highest BCUT2D eigenvalue weighted by Crippen LogP contribution is 2.35. The van der Waals surface area contributed by atoms with Crippen molar-refractivity contribution < 1.29 is 14.3 Å². The quantitative estimate of drug-likeness (QED) is 0.275. The lowest BCUT2D eigenvalue weighted by molar-refractivity contribution is -0.147. The molecule has 0 aliphatic heterocycles. The molecule has 1 amide bonds. The van der Waals surface area contributed by atoms with E-state index in [0.29, 0.717) is 12.0 Å². The van der Waals surface area contributed by atoms with Crippen LogP contribution < -0.4 is 11.1 Å². The van der Waals surface area contributed by atoms with E-state index in [-0.39, 0.29) is 29.7 Å². The van der Waals surface area contributed by atoms with Crippen LogP contribution >= 0.6 is 11.3 Å². The molecular weight excluding hydrogens is 434 g/mol. The molecule has 33 heavy (non-hydrogen) atoms. The number of nitrogen functional groups attached to an aromatic ring is 1. The molecule has 3 aromatic rings. The van der Waals surface area contributed by atoms with Gasteiger partial charge < -0.3 is 15.8 Å². The van der Waals surface area contributed by atoms with Crippen LogP contribution in [0.15, 0.2) is 53.9 Å². The molecular formula is C26H29N3O3S. The van der Waals surface area contributed by atoms with E-state index in [0.717, 1.165) is 46.9 Å². The molecule has 4 rings (SSSR count). The van der Waals surface area contributed by atoms with Crippen molar-refractivity contribution in [3.63, 3.8) is 0 Å². The molecule has 0 spiro atoms. The molecule has 7 heteroatoms. The third-order valence-corrected chi connectivity index (χ3v) is 7.47. The van der Waals surface area contributed by atoms with E-state index in [1.54, 1.807) is 11.3 Å². The van der Waals surface area contributed by atoms with E-state index >= 15 is 0 Å². The van der Waals surface area contributed by atoms with Crippen LogP contribution in [0.2, 0.25) is 0 Å². The number of carbonyl (C=O) groups is 2. The number of fused-ring (bicyclic) bond motifs is 1. The molecule has 1 aromatic heterocycles. The van der Waals surface area contributed by atoms with Gasteiger partial charge in [0.05, 0.1) is 18.9 Å². The van der Waals surface area contributed by atoms with Gasteiger partial charge in [0.25, 0.3) is 0 Å². The first-order chi connectivity index (χ1) is 16.0. The minimum atomic E-state index is -0.427. The van der Waals surface area contributed by atoms with Gasteiger partial charge in [-0.2, -0.15) is 0 Å². The number of rotatable bonds is 7. The molecule has 172 valence electrons. The summed E-state index contributed by atoms with van der Waals surface area (Å²) in [4.78, 5) is 26.0. The number of amidine groups is 1. The van der Waals surface area contributed by atoms with Crippen molar-refractivity contribution in [2.24, 2.45) is 11.7 Å². The van der Waals surface area contributed by atoms with Crippen molar-refractivity contribution in [2.75, 3.05) is 7.11 Å². The molecule has 0 saturated heterocycles. The first kappa shape index (κ1) is 23.0. The molecule has 0 bridgehead atoms. The molecule has 6 nitrogen and oxygen atoms in total. The lowest BCUT2D eigenvalue weighted by atomic mass is 9.83. The summed E-state index contributed by atoms with van der Waals surface area (Å²) in [6, 6.07) is 15.4. The zero-order valence-corrected chi connectivity index (χ0v) is 19.5. The van der Waals surface area contributed by atoms with Crippen LogP contribution in [0.5, 0.6) is 0 Å². The topological polar surface area (TPSA) is 105 Å². The van der Waals surface area contributed by atoms with E-state index in [9.17, 15) is 9.59 Å². The number of thiophene rings is 1. The molecule has 1 saturated carbocycles. The first-order valence-corrected chi connectivity index (χ1v) is 12.1. The maximum absolute atomic E-state index is 13.7. The van der Waals surface area contributed by atoms with E-state index in [1.807, 2.05) is 53.9 Å². The average molecular weight is 464 g/mol. The van der Waals surface area contributed by atoms with Gasteiger partial charge in [-0.15, -0.1) is 11.3 Å². The summed E-state index contributed by atoms with van der Waals surface area (Å²) < 4.78 is 6.05. The van der Waals surface area contributed by atoms with Gasteiger partial charge in [0.15, 0.2) is 0 Å². The third kappa shape index (κ3) is 5.09.